The fraction of sp³-hybridized carbons (Fsp3) is 0.800. The molecule has 0 aromatic rings. The molecule has 0 saturated carbocycles. The normalized spacial score (nSPS) is 11.6. The summed E-state index contributed by atoms with van der Waals surface area (Å²) >= 11 is 0. The third-order valence-corrected chi connectivity index (χ3v) is 2.23. The zero-order valence-corrected chi connectivity index (χ0v) is 10.4. The molecule has 1 atom stereocenters. The number of carbonyl (C=O) groups excluding carboxylic acids is 1. The van der Waals surface area contributed by atoms with E-state index in [4.69, 9.17) is 15.6 Å². The maximum atomic E-state index is 11.2. The molecule has 0 spiro atoms. The predicted molar refractivity (Wildman–Crippen MR) is 62.6 cm³/mol. The van der Waals surface area contributed by atoms with Crippen LogP contribution in [0, 0.1) is 10.1 Å². The van der Waals surface area contributed by atoms with Crippen LogP contribution in [0.1, 0.15) is 32.1 Å². The molecule has 0 aromatic carbocycles. The molecule has 110 valence electrons. The number of carboxylic acid groups (broad SMARTS) is 1. The lowest BCUT2D eigenvalue weighted by molar-refractivity contribution is -0.757. The molecule has 0 aliphatic heterocycles. The summed E-state index contributed by atoms with van der Waals surface area (Å²) in [5, 5.41) is 17.5. The van der Waals surface area contributed by atoms with Gasteiger partial charge in [0, 0.05) is 6.42 Å². The highest BCUT2D eigenvalue weighted by molar-refractivity contribution is 5.75. The van der Waals surface area contributed by atoms with Gasteiger partial charge in [0.05, 0.1) is 13.2 Å². The van der Waals surface area contributed by atoms with E-state index in [9.17, 15) is 19.7 Å². The van der Waals surface area contributed by atoms with Crippen LogP contribution < -0.4 is 5.73 Å². The largest absolute Gasteiger partial charge is 0.480 e. The summed E-state index contributed by atoms with van der Waals surface area (Å²) in [5.74, 6) is -1.66. The number of esters is 1. The molecule has 0 aromatic heterocycles. The van der Waals surface area contributed by atoms with Gasteiger partial charge in [0.25, 0.3) is 5.09 Å². The van der Waals surface area contributed by atoms with E-state index in [1.807, 2.05) is 0 Å². The monoisotopic (exact) mass is 278 g/mol. The molecule has 0 rings (SSSR count). The number of carboxylic acids is 1. The fourth-order valence-corrected chi connectivity index (χ4v) is 1.17. The van der Waals surface area contributed by atoms with E-state index in [0.29, 0.717) is 19.3 Å². The molecule has 9 heteroatoms. The Balaban J connectivity index is 3.39. The van der Waals surface area contributed by atoms with E-state index in [2.05, 4.69) is 4.84 Å². The van der Waals surface area contributed by atoms with Crippen LogP contribution in [0.3, 0.4) is 0 Å². The summed E-state index contributed by atoms with van der Waals surface area (Å²) in [5.41, 5.74) is 5.22. The van der Waals surface area contributed by atoms with Crippen LogP contribution in [0.15, 0.2) is 0 Å². The van der Waals surface area contributed by atoms with Crippen molar-refractivity contribution in [3.8, 4) is 0 Å². The van der Waals surface area contributed by atoms with E-state index in [-0.39, 0.29) is 26.1 Å². The average Bonchev–Trinajstić information content (AvgIpc) is 2.34. The maximum Gasteiger partial charge on any atom is 0.320 e. The molecule has 19 heavy (non-hydrogen) atoms. The Hall–Kier alpha value is -1.90. The summed E-state index contributed by atoms with van der Waals surface area (Å²) in [6, 6.07) is -1.06. The van der Waals surface area contributed by atoms with Crippen LogP contribution in [-0.4, -0.2) is 41.4 Å². The SMILES string of the molecule is N[C@@H](CCC(=O)OCCCCCO[N+](=O)[O-])C(=O)O. The first kappa shape index (κ1) is 17.1. The Morgan fingerprint density at radius 2 is 1.89 bits per heavy atom. The predicted octanol–water partition coefficient (Wildman–Crippen LogP) is 0.100. The highest BCUT2D eigenvalue weighted by Gasteiger charge is 2.13. The lowest BCUT2D eigenvalue weighted by atomic mass is 10.2. The first-order chi connectivity index (χ1) is 8.93. The molecule has 0 unspecified atom stereocenters. The van der Waals surface area contributed by atoms with Gasteiger partial charge in [-0.2, -0.15) is 0 Å². The number of hydrogen-bond donors (Lipinski definition) is 2. The first-order valence-electron chi connectivity index (χ1n) is 5.84. The first-order valence-corrected chi connectivity index (χ1v) is 5.84. The summed E-state index contributed by atoms with van der Waals surface area (Å²) in [6.45, 7) is 0.216. The van der Waals surface area contributed by atoms with Gasteiger partial charge in [0.15, 0.2) is 0 Å². The second-order valence-corrected chi connectivity index (χ2v) is 3.82. The van der Waals surface area contributed by atoms with Crippen molar-refractivity contribution in [3.05, 3.63) is 10.1 Å². The minimum absolute atomic E-state index is 0.0222. The number of aliphatic carboxylic acids is 1. The van der Waals surface area contributed by atoms with E-state index >= 15 is 0 Å². The number of carbonyl (C=O) groups is 2. The smallest absolute Gasteiger partial charge is 0.320 e. The third kappa shape index (κ3) is 10.9. The van der Waals surface area contributed by atoms with Gasteiger partial charge in [-0.25, -0.2) is 0 Å². The van der Waals surface area contributed by atoms with Gasteiger partial charge in [0.2, 0.25) is 0 Å². The zero-order chi connectivity index (χ0) is 14.7. The van der Waals surface area contributed by atoms with Crippen molar-refractivity contribution in [2.75, 3.05) is 13.2 Å². The highest BCUT2D eigenvalue weighted by atomic mass is 16.9. The van der Waals surface area contributed by atoms with Gasteiger partial charge < -0.3 is 20.4 Å². The number of unbranched alkanes of at least 4 members (excludes halogenated alkanes) is 2. The van der Waals surface area contributed by atoms with Crippen molar-refractivity contribution in [2.45, 2.75) is 38.1 Å². The molecule has 0 heterocycles. The Bertz CT molecular complexity index is 308. The molecule has 0 bridgehead atoms. The molecule has 3 N–H and O–H groups in total. The topological polar surface area (TPSA) is 142 Å². The van der Waals surface area contributed by atoms with E-state index in [0.717, 1.165) is 0 Å². The van der Waals surface area contributed by atoms with Crippen LogP contribution in [0.4, 0.5) is 0 Å². The number of hydrogen-bond acceptors (Lipinski definition) is 7. The molecule has 9 nitrogen and oxygen atoms in total. The number of nitrogens with zero attached hydrogens (tertiary/aromatic N) is 1. The Labute approximate surface area is 109 Å². The zero-order valence-electron chi connectivity index (χ0n) is 10.4. The molecule has 0 aliphatic rings. The van der Waals surface area contributed by atoms with Gasteiger partial charge >= 0.3 is 11.9 Å². The van der Waals surface area contributed by atoms with Gasteiger partial charge in [0.1, 0.15) is 6.04 Å². The van der Waals surface area contributed by atoms with Gasteiger partial charge in [-0.1, -0.05) is 0 Å². The van der Waals surface area contributed by atoms with Crippen LogP contribution in [0.25, 0.3) is 0 Å². The minimum Gasteiger partial charge on any atom is -0.480 e. The highest BCUT2D eigenvalue weighted by Crippen LogP contribution is 2.01. The minimum atomic E-state index is -1.15. The second kappa shape index (κ2) is 10.1. The quantitative estimate of drug-likeness (QED) is 0.234. The third-order valence-electron chi connectivity index (χ3n) is 2.23. The molecule has 0 radical (unpaired) electrons. The van der Waals surface area contributed by atoms with Crippen molar-refractivity contribution in [3.63, 3.8) is 0 Å². The Kier molecular flexibility index (Phi) is 9.06. The van der Waals surface area contributed by atoms with Crippen LogP contribution in [0.2, 0.25) is 0 Å². The summed E-state index contributed by atoms with van der Waals surface area (Å²) in [7, 11) is 0. The van der Waals surface area contributed by atoms with E-state index in [1.165, 1.54) is 0 Å². The standard InChI is InChI=1S/C10H18N2O7/c11-8(10(14)15)4-5-9(13)18-6-2-1-3-7-19-12(16)17/h8H,1-7,11H2,(H,14,15)/t8-/m0/s1. The lowest BCUT2D eigenvalue weighted by Crippen LogP contribution is -2.30. The van der Waals surface area contributed by atoms with Crippen molar-refractivity contribution >= 4 is 11.9 Å². The fourth-order valence-electron chi connectivity index (χ4n) is 1.17. The van der Waals surface area contributed by atoms with Crippen molar-refractivity contribution in [1.82, 2.24) is 0 Å². The van der Waals surface area contributed by atoms with Gasteiger partial charge in [-0.3, -0.25) is 9.59 Å². The van der Waals surface area contributed by atoms with Crippen molar-refractivity contribution in [1.29, 1.82) is 0 Å². The van der Waals surface area contributed by atoms with Crippen molar-refractivity contribution < 1.29 is 29.4 Å². The van der Waals surface area contributed by atoms with Crippen LogP contribution >= 0.6 is 0 Å². The average molecular weight is 278 g/mol. The molecular weight excluding hydrogens is 260 g/mol. The Morgan fingerprint density at radius 3 is 2.47 bits per heavy atom. The Morgan fingerprint density at radius 1 is 1.26 bits per heavy atom. The van der Waals surface area contributed by atoms with Crippen LogP contribution in [-0.2, 0) is 19.2 Å². The van der Waals surface area contributed by atoms with E-state index < -0.39 is 23.1 Å². The molecule has 0 amide bonds. The summed E-state index contributed by atoms with van der Waals surface area (Å²) in [6.07, 6.45) is 1.69. The van der Waals surface area contributed by atoms with Crippen LogP contribution in [0.5, 0.6) is 0 Å². The summed E-state index contributed by atoms with van der Waals surface area (Å²) < 4.78 is 4.84. The van der Waals surface area contributed by atoms with Gasteiger partial charge in [-0.15, -0.1) is 10.1 Å². The molecule has 0 fully saturated rings. The molecular formula is C10H18N2O7. The maximum absolute atomic E-state index is 11.2. The molecule has 0 saturated heterocycles. The number of nitrogens with two attached hydrogens (primary N) is 1. The van der Waals surface area contributed by atoms with E-state index in [1.54, 1.807) is 0 Å². The molecule has 0 aliphatic carbocycles. The van der Waals surface area contributed by atoms with Gasteiger partial charge in [-0.05, 0) is 25.7 Å². The van der Waals surface area contributed by atoms with Crippen molar-refractivity contribution in [2.24, 2.45) is 5.73 Å². The number of rotatable bonds is 11. The number of ether oxygens (including phenoxy) is 1. The lowest BCUT2D eigenvalue weighted by Gasteiger charge is -2.07. The summed E-state index contributed by atoms with van der Waals surface area (Å²) in [4.78, 5) is 35.5. The second-order valence-electron chi connectivity index (χ2n) is 3.82.